The van der Waals surface area contributed by atoms with Gasteiger partial charge in [-0.25, -0.2) is 9.18 Å². The first-order chi connectivity index (χ1) is 12.6. The minimum Gasteiger partial charge on any atom is -0.373 e. The Morgan fingerprint density at radius 2 is 1.96 bits per heavy atom. The third-order valence-corrected chi connectivity index (χ3v) is 5.57. The van der Waals surface area contributed by atoms with E-state index in [4.69, 9.17) is 9.47 Å². The van der Waals surface area contributed by atoms with Crippen LogP contribution >= 0.6 is 0 Å². The third kappa shape index (κ3) is 4.18. The summed E-state index contributed by atoms with van der Waals surface area (Å²) < 4.78 is 24.9. The molecule has 1 aromatic rings. The van der Waals surface area contributed by atoms with E-state index in [0.29, 0.717) is 32.0 Å². The summed E-state index contributed by atoms with van der Waals surface area (Å²) in [7, 11) is 0. The summed E-state index contributed by atoms with van der Waals surface area (Å²) in [6, 6.07) is 6.49. The Labute approximate surface area is 153 Å². The Morgan fingerprint density at radius 3 is 2.69 bits per heavy atom. The van der Waals surface area contributed by atoms with Gasteiger partial charge in [-0.15, -0.1) is 0 Å². The molecule has 0 radical (unpaired) electrons. The molecule has 0 aromatic heterocycles. The van der Waals surface area contributed by atoms with Crippen molar-refractivity contribution in [2.24, 2.45) is 5.92 Å². The molecule has 4 unspecified atom stereocenters. The summed E-state index contributed by atoms with van der Waals surface area (Å²) in [5.74, 6) is 0.375. The van der Waals surface area contributed by atoms with Crippen molar-refractivity contribution < 1.29 is 18.7 Å². The van der Waals surface area contributed by atoms with Gasteiger partial charge in [0.2, 0.25) is 0 Å². The zero-order valence-electron chi connectivity index (χ0n) is 15.2. The van der Waals surface area contributed by atoms with Gasteiger partial charge in [0.25, 0.3) is 0 Å². The predicted octanol–water partition coefficient (Wildman–Crippen LogP) is 3.25. The number of halogens is 1. The van der Waals surface area contributed by atoms with Crippen LogP contribution in [0.3, 0.4) is 0 Å². The number of carbonyl (C=O) groups excluding carboxylic acids is 1. The lowest BCUT2D eigenvalue weighted by Gasteiger charge is -2.38. The van der Waals surface area contributed by atoms with E-state index in [1.807, 2.05) is 11.8 Å². The van der Waals surface area contributed by atoms with E-state index >= 15 is 0 Å². The Balaban J connectivity index is 1.34. The summed E-state index contributed by atoms with van der Waals surface area (Å²) in [6.07, 6.45) is 4.11. The molecular formula is C20H27FN2O3. The largest absolute Gasteiger partial charge is 0.373 e. The van der Waals surface area contributed by atoms with Gasteiger partial charge in [-0.3, -0.25) is 0 Å². The van der Waals surface area contributed by atoms with Gasteiger partial charge in [-0.2, -0.15) is 0 Å². The number of rotatable bonds is 3. The minimum atomic E-state index is -0.249. The average molecular weight is 362 g/mol. The number of urea groups is 1. The zero-order chi connectivity index (χ0) is 18.1. The molecule has 4 rings (SSSR count). The first-order valence-electron chi connectivity index (χ1n) is 9.66. The van der Waals surface area contributed by atoms with E-state index in [2.05, 4.69) is 5.32 Å². The van der Waals surface area contributed by atoms with Crippen molar-refractivity contribution in [3.8, 4) is 0 Å². The number of morpholine rings is 1. The van der Waals surface area contributed by atoms with Gasteiger partial charge in [0.1, 0.15) is 5.82 Å². The first-order valence-corrected chi connectivity index (χ1v) is 9.66. The van der Waals surface area contributed by atoms with E-state index in [0.717, 1.165) is 12.0 Å². The third-order valence-electron chi connectivity index (χ3n) is 5.57. The Bertz CT molecular complexity index is 634. The van der Waals surface area contributed by atoms with Gasteiger partial charge in [0.05, 0.1) is 18.3 Å². The van der Waals surface area contributed by atoms with Crippen molar-refractivity contribution in [2.75, 3.05) is 19.7 Å². The number of ether oxygens (including phenoxy) is 2. The standard InChI is InChI=1S/C20H27FN2O3/c1-13-11-23(12-19(26-13)15-2-3-15)20(24)22-17-8-9-25-18(10-17)14-4-6-16(21)7-5-14/h4-7,13,15,17-19H,2-3,8-12H2,1H3,(H,22,24). The highest BCUT2D eigenvalue weighted by atomic mass is 19.1. The molecule has 1 saturated carbocycles. The van der Waals surface area contributed by atoms with Crippen molar-refractivity contribution in [1.29, 1.82) is 0 Å². The maximum absolute atomic E-state index is 13.1. The molecule has 0 spiro atoms. The molecule has 0 bridgehead atoms. The van der Waals surface area contributed by atoms with Crippen molar-refractivity contribution in [2.45, 2.75) is 57.0 Å². The number of carbonyl (C=O) groups is 1. The normalized spacial score (nSPS) is 32.3. The fourth-order valence-electron chi connectivity index (χ4n) is 3.98. The number of benzene rings is 1. The lowest BCUT2D eigenvalue weighted by molar-refractivity contribution is -0.0739. The highest BCUT2D eigenvalue weighted by Gasteiger charge is 2.39. The lowest BCUT2D eigenvalue weighted by atomic mass is 9.97. The Kier molecular flexibility index (Phi) is 5.14. The summed E-state index contributed by atoms with van der Waals surface area (Å²) in [4.78, 5) is 14.7. The van der Waals surface area contributed by atoms with Crippen LogP contribution in [-0.2, 0) is 9.47 Å². The SMILES string of the molecule is CC1CN(C(=O)NC2CCOC(c3ccc(F)cc3)C2)CC(C2CC2)O1. The second kappa shape index (κ2) is 7.53. The number of nitrogens with one attached hydrogen (secondary N) is 1. The van der Waals surface area contributed by atoms with E-state index in [-0.39, 0.29) is 36.2 Å². The van der Waals surface area contributed by atoms with Crippen LogP contribution in [0.25, 0.3) is 0 Å². The average Bonchev–Trinajstić information content (AvgIpc) is 3.47. The summed E-state index contributed by atoms with van der Waals surface area (Å²) in [6.45, 7) is 3.95. The Hall–Kier alpha value is -1.66. The quantitative estimate of drug-likeness (QED) is 0.898. The zero-order valence-corrected chi connectivity index (χ0v) is 15.2. The van der Waals surface area contributed by atoms with Gasteiger partial charge >= 0.3 is 6.03 Å². The highest BCUT2D eigenvalue weighted by molar-refractivity contribution is 5.74. The molecule has 2 heterocycles. The molecule has 1 aromatic carbocycles. The van der Waals surface area contributed by atoms with Crippen LogP contribution in [0.5, 0.6) is 0 Å². The van der Waals surface area contributed by atoms with Crippen molar-refractivity contribution >= 4 is 6.03 Å². The molecule has 142 valence electrons. The van der Waals surface area contributed by atoms with Crippen LogP contribution in [0.2, 0.25) is 0 Å². The predicted molar refractivity (Wildman–Crippen MR) is 95.3 cm³/mol. The van der Waals surface area contributed by atoms with Gasteiger partial charge in [0, 0.05) is 25.7 Å². The van der Waals surface area contributed by atoms with Crippen LogP contribution in [0.4, 0.5) is 9.18 Å². The molecule has 2 amide bonds. The van der Waals surface area contributed by atoms with Gasteiger partial charge in [-0.05, 0) is 56.2 Å². The maximum atomic E-state index is 13.1. The Morgan fingerprint density at radius 1 is 1.19 bits per heavy atom. The topological polar surface area (TPSA) is 50.8 Å². The maximum Gasteiger partial charge on any atom is 0.317 e. The number of hydrogen-bond donors (Lipinski definition) is 1. The van der Waals surface area contributed by atoms with Crippen molar-refractivity contribution in [1.82, 2.24) is 10.2 Å². The lowest BCUT2D eigenvalue weighted by Crippen LogP contribution is -2.55. The second-order valence-electron chi connectivity index (χ2n) is 7.81. The molecule has 26 heavy (non-hydrogen) atoms. The molecular weight excluding hydrogens is 335 g/mol. The monoisotopic (exact) mass is 362 g/mol. The number of nitrogens with zero attached hydrogens (tertiary/aromatic N) is 1. The number of amides is 2. The van der Waals surface area contributed by atoms with Crippen molar-refractivity contribution in [3.63, 3.8) is 0 Å². The molecule has 6 heteroatoms. The molecule has 1 N–H and O–H groups in total. The van der Waals surface area contributed by atoms with Crippen LogP contribution < -0.4 is 5.32 Å². The highest BCUT2D eigenvalue weighted by Crippen LogP contribution is 2.36. The first kappa shape index (κ1) is 17.7. The molecule has 1 aliphatic carbocycles. The van der Waals surface area contributed by atoms with E-state index in [9.17, 15) is 9.18 Å². The van der Waals surface area contributed by atoms with Crippen LogP contribution in [0.15, 0.2) is 24.3 Å². The van der Waals surface area contributed by atoms with Crippen LogP contribution in [0, 0.1) is 11.7 Å². The fourth-order valence-corrected chi connectivity index (χ4v) is 3.98. The van der Waals surface area contributed by atoms with E-state index < -0.39 is 0 Å². The van der Waals surface area contributed by atoms with E-state index in [1.165, 1.54) is 25.0 Å². The molecule has 3 fully saturated rings. The molecule has 2 saturated heterocycles. The van der Waals surface area contributed by atoms with Crippen LogP contribution in [-0.4, -0.2) is 48.9 Å². The summed E-state index contributed by atoms with van der Waals surface area (Å²) in [5.41, 5.74) is 0.958. The summed E-state index contributed by atoms with van der Waals surface area (Å²) >= 11 is 0. The van der Waals surface area contributed by atoms with Gasteiger partial charge < -0.3 is 19.7 Å². The van der Waals surface area contributed by atoms with Crippen LogP contribution in [0.1, 0.15) is 44.3 Å². The summed E-state index contributed by atoms with van der Waals surface area (Å²) in [5, 5.41) is 3.18. The number of hydrogen-bond acceptors (Lipinski definition) is 3. The fraction of sp³-hybridized carbons (Fsp3) is 0.650. The molecule has 4 atom stereocenters. The van der Waals surface area contributed by atoms with Gasteiger partial charge in [-0.1, -0.05) is 12.1 Å². The second-order valence-corrected chi connectivity index (χ2v) is 7.81. The van der Waals surface area contributed by atoms with E-state index in [1.54, 1.807) is 12.1 Å². The molecule has 3 aliphatic rings. The minimum absolute atomic E-state index is 0.00411. The molecule has 5 nitrogen and oxygen atoms in total. The molecule has 2 aliphatic heterocycles. The smallest absolute Gasteiger partial charge is 0.317 e. The van der Waals surface area contributed by atoms with Gasteiger partial charge in [0.15, 0.2) is 0 Å². The van der Waals surface area contributed by atoms with Crippen molar-refractivity contribution in [3.05, 3.63) is 35.6 Å².